The van der Waals surface area contributed by atoms with Gasteiger partial charge < -0.3 is 21.3 Å². The van der Waals surface area contributed by atoms with Crippen molar-refractivity contribution in [2.75, 3.05) is 13.3 Å². The fraction of sp³-hybridized carbons (Fsp3) is 0.692. The first-order valence-corrected chi connectivity index (χ1v) is 7.65. The Balaban J connectivity index is 3.54. The molecule has 126 valence electrons. The fourth-order valence-corrected chi connectivity index (χ4v) is 1.52. The van der Waals surface area contributed by atoms with Gasteiger partial charge in [0.05, 0.1) is 27.7 Å². The Kier molecular flexibility index (Phi) is 12.5. The number of carbonyl (C=O) groups excluding carboxylic acids is 4. The van der Waals surface area contributed by atoms with E-state index in [0.29, 0.717) is 6.42 Å². The van der Waals surface area contributed by atoms with Crippen LogP contribution in [-0.2, 0) is 19.2 Å². The molecule has 0 aliphatic carbocycles. The second-order valence-electron chi connectivity index (χ2n) is 4.82. The van der Waals surface area contributed by atoms with Crippen molar-refractivity contribution in [1.29, 1.82) is 0 Å². The summed E-state index contributed by atoms with van der Waals surface area (Å²) in [6, 6.07) is 0. The van der Waals surface area contributed by atoms with Gasteiger partial charge in [-0.3, -0.25) is 19.2 Å². The predicted molar refractivity (Wildman–Crippen MR) is 88.6 cm³/mol. The molecule has 2 radical (unpaired) electrons. The lowest BCUT2D eigenvalue weighted by Crippen LogP contribution is -2.38. The monoisotopic (exact) mass is 322 g/mol. The first-order valence-electron chi connectivity index (χ1n) is 7.65. The van der Waals surface area contributed by atoms with E-state index in [0.717, 1.165) is 6.32 Å². The largest absolute Gasteiger partial charge is 0.339 e. The van der Waals surface area contributed by atoms with Crippen molar-refractivity contribution in [3.8, 4) is 0 Å². The zero-order chi connectivity index (χ0) is 17.5. The summed E-state index contributed by atoms with van der Waals surface area (Å²) in [5.41, 5.74) is 0. The van der Waals surface area contributed by atoms with Crippen LogP contribution in [0.3, 0.4) is 0 Å². The van der Waals surface area contributed by atoms with Gasteiger partial charge in [-0.15, -0.1) is 0 Å². The molecule has 0 spiro atoms. The van der Waals surface area contributed by atoms with E-state index >= 15 is 0 Å². The minimum absolute atomic E-state index is 0.0758. The van der Waals surface area contributed by atoms with Crippen LogP contribution in [0.4, 0.5) is 0 Å². The first kappa shape index (κ1) is 21.0. The Hall–Kier alpha value is -1.99. The second-order valence-corrected chi connectivity index (χ2v) is 4.82. The third-order valence-corrected chi connectivity index (χ3v) is 2.71. The summed E-state index contributed by atoms with van der Waals surface area (Å²) < 4.78 is 0. The number of hydrogen-bond acceptors (Lipinski definition) is 4. The zero-order valence-electron chi connectivity index (χ0n) is 13.7. The van der Waals surface area contributed by atoms with Crippen LogP contribution in [-0.4, -0.2) is 51.3 Å². The molecular formula is C13H24B2N4O4. The molecule has 0 aromatic heterocycles. The highest BCUT2D eigenvalue weighted by Crippen LogP contribution is 1.94. The van der Waals surface area contributed by atoms with Crippen molar-refractivity contribution in [2.24, 2.45) is 0 Å². The Morgan fingerprint density at radius 2 is 1.30 bits per heavy atom. The lowest BCUT2D eigenvalue weighted by atomic mass is 9.37. The van der Waals surface area contributed by atoms with Crippen LogP contribution in [0.1, 0.15) is 33.1 Å². The molecule has 4 N–H and O–H groups in total. The van der Waals surface area contributed by atoms with Gasteiger partial charge in [-0.2, -0.15) is 0 Å². The van der Waals surface area contributed by atoms with Crippen LogP contribution in [0.15, 0.2) is 0 Å². The van der Waals surface area contributed by atoms with Gasteiger partial charge in [0.25, 0.3) is 0 Å². The van der Waals surface area contributed by atoms with E-state index in [-0.39, 0.29) is 56.1 Å². The molecule has 4 amide bonds. The molecule has 0 saturated carbocycles. The zero-order valence-corrected chi connectivity index (χ0v) is 13.7. The van der Waals surface area contributed by atoms with Crippen LogP contribution >= 0.6 is 0 Å². The standard InChI is InChI=1S/C13H24B2N4O4/c1-3-14-15-7-13(23)19-9-18-12(22)6-4-5-11(21)17-8-16-10(2)20/h3-9H2,1-2H3,(H,16,20)(H,17,21)(H,18,22)(H,19,23). The molecule has 0 saturated heterocycles. The summed E-state index contributed by atoms with van der Waals surface area (Å²) in [5.74, 6) is -0.851. The van der Waals surface area contributed by atoms with Crippen molar-refractivity contribution >= 4 is 38.0 Å². The Bertz CT molecular complexity index is 407. The lowest BCUT2D eigenvalue weighted by molar-refractivity contribution is -0.122. The predicted octanol–water partition coefficient (Wildman–Crippen LogP) is -1.26. The van der Waals surface area contributed by atoms with Crippen molar-refractivity contribution in [2.45, 2.75) is 45.8 Å². The third-order valence-electron chi connectivity index (χ3n) is 2.71. The molecule has 10 heteroatoms. The van der Waals surface area contributed by atoms with Gasteiger partial charge in [-0.1, -0.05) is 13.2 Å². The Morgan fingerprint density at radius 1 is 0.783 bits per heavy atom. The van der Waals surface area contributed by atoms with E-state index in [1.54, 1.807) is 7.17 Å². The van der Waals surface area contributed by atoms with E-state index in [4.69, 9.17) is 0 Å². The highest BCUT2D eigenvalue weighted by atomic mass is 16.2. The molecule has 0 atom stereocenters. The molecule has 0 fully saturated rings. The molecule has 0 unspecified atom stereocenters. The van der Waals surface area contributed by atoms with Gasteiger partial charge in [-0.05, 0) is 12.7 Å². The minimum Gasteiger partial charge on any atom is -0.339 e. The molecule has 0 aliphatic rings. The van der Waals surface area contributed by atoms with Gasteiger partial charge >= 0.3 is 0 Å². The molecule has 0 bridgehead atoms. The van der Waals surface area contributed by atoms with Gasteiger partial charge in [0.1, 0.15) is 0 Å². The average molecular weight is 322 g/mol. The van der Waals surface area contributed by atoms with E-state index in [1.165, 1.54) is 6.92 Å². The Labute approximate surface area is 138 Å². The normalized spacial score (nSPS) is 9.48. The number of hydrogen-bond donors (Lipinski definition) is 4. The number of carbonyl (C=O) groups is 4. The van der Waals surface area contributed by atoms with E-state index in [9.17, 15) is 19.2 Å². The fourth-order valence-electron chi connectivity index (χ4n) is 1.52. The van der Waals surface area contributed by atoms with Crippen LogP contribution in [0.25, 0.3) is 0 Å². The maximum absolute atomic E-state index is 11.5. The van der Waals surface area contributed by atoms with Crippen molar-refractivity contribution in [1.82, 2.24) is 21.3 Å². The topological polar surface area (TPSA) is 116 Å². The smallest absolute Gasteiger partial charge is 0.221 e. The molecule has 0 aromatic carbocycles. The van der Waals surface area contributed by atoms with E-state index < -0.39 is 0 Å². The van der Waals surface area contributed by atoms with Gasteiger partial charge in [0, 0.05) is 19.8 Å². The molecule has 8 nitrogen and oxygen atoms in total. The lowest BCUT2D eigenvalue weighted by Gasteiger charge is -2.08. The summed E-state index contributed by atoms with van der Waals surface area (Å²) in [7, 11) is 3.67. The highest BCUT2D eigenvalue weighted by molar-refractivity contribution is 7.01. The van der Waals surface area contributed by atoms with Crippen LogP contribution in [0, 0.1) is 0 Å². The number of rotatable bonds is 12. The van der Waals surface area contributed by atoms with Crippen molar-refractivity contribution in [3.63, 3.8) is 0 Å². The molecular weight excluding hydrogens is 298 g/mol. The van der Waals surface area contributed by atoms with Crippen LogP contribution in [0.2, 0.25) is 12.6 Å². The molecule has 0 rings (SSSR count). The third kappa shape index (κ3) is 14.7. The van der Waals surface area contributed by atoms with Crippen LogP contribution < -0.4 is 21.3 Å². The SMILES string of the molecule is CC[B][B]CC(=O)NCNC(=O)CCCC(=O)NCNC(C)=O. The van der Waals surface area contributed by atoms with Gasteiger partial charge in [-0.25, -0.2) is 0 Å². The van der Waals surface area contributed by atoms with Crippen LogP contribution in [0.5, 0.6) is 0 Å². The molecule has 0 heterocycles. The first-order chi connectivity index (χ1) is 11.0. The van der Waals surface area contributed by atoms with Crippen molar-refractivity contribution in [3.05, 3.63) is 0 Å². The molecule has 0 aliphatic heterocycles. The van der Waals surface area contributed by atoms with E-state index in [1.807, 2.05) is 14.1 Å². The number of amides is 4. The molecule has 23 heavy (non-hydrogen) atoms. The summed E-state index contributed by atoms with van der Waals surface area (Å²) >= 11 is 0. The average Bonchev–Trinajstić information content (AvgIpc) is 2.47. The maximum Gasteiger partial charge on any atom is 0.221 e. The second kappa shape index (κ2) is 13.7. The summed E-state index contributed by atoms with van der Waals surface area (Å²) in [6.07, 6.45) is 1.95. The number of nitrogens with one attached hydrogen (secondary N) is 4. The molecule has 0 aromatic rings. The summed E-state index contributed by atoms with van der Waals surface area (Å²) in [6.45, 7) is 3.50. The quantitative estimate of drug-likeness (QED) is 0.204. The summed E-state index contributed by atoms with van der Waals surface area (Å²) in [5, 5.41) is 10.1. The maximum atomic E-state index is 11.5. The highest BCUT2D eigenvalue weighted by Gasteiger charge is 2.06. The van der Waals surface area contributed by atoms with Gasteiger partial charge in [0.2, 0.25) is 23.6 Å². The van der Waals surface area contributed by atoms with Gasteiger partial charge in [0.15, 0.2) is 0 Å². The Morgan fingerprint density at radius 3 is 1.83 bits per heavy atom. The summed E-state index contributed by atoms with van der Waals surface area (Å²) in [4.78, 5) is 44.8. The van der Waals surface area contributed by atoms with E-state index in [2.05, 4.69) is 21.3 Å². The van der Waals surface area contributed by atoms with Crippen molar-refractivity contribution < 1.29 is 19.2 Å². The minimum atomic E-state index is -0.234.